The van der Waals surface area contributed by atoms with Gasteiger partial charge in [0.25, 0.3) is 0 Å². The summed E-state index contributed by atoms with van der Waals surface area (Å²) in [6.45, 7) is 1.11. The number of hydrogen-bond acceptors (Lipinski definition) is 1. The summed E-state index contributed by atoms with van der Waals surface area (Å²) in [5.74, 6) is 3.12. The molecular weight excluding hydrogens is 254 g/mol. The maximum absolute atomic E-state index is 4.04. The highest BCUT2D eigenvalue weighted by Crippen LogP contribution is 2.55. The monoisotopic (exact) mass is 279 g/mol. The molecule has 5 aliphatic rings. The molecule has 0 aliphatic heterocycles. The second-order valence-electron chi connectivity index (χ2n) is 8.23. The quantitative estimate of drug-likeness (QED) is 0.875. The van der Waals surface area contributed by atoms with Gasteiger partial charge >= 0.3 is 0 Å². The summed E-state index contributed by atoms with van der Waals surface area (Å²) in [6.07, 6.45) is 12.6. The number of hydrogen-bond donors (Lipinski definition) is 1. The second-order valence-corrected chi connectivity index (χ2v) is 8.23. The van der Waals surface area contributed by atoms with E-state index in [9.17, 15) is 0 Å². The SMILES string of the molecule is C1=C(CNC23CC4CC(CC(C4)C2)C3)Cc2ccccc21. The van der Waals surface area contributed by atoms with E-state index in [1.807, 2.05) is 0 Å². The normalized spacial score (nSPS) is 39.4. The van der Waals surface area contributed by atoms with Crippen LogP contribution in [0.3, 0.4) is 0 Å². The average molecular weight is 279 g/mol. The molecule has 0 saturated heterocycles. The summed E-state index contributed by atoms with van der Waals surface area (Å²) in [6, 6.07) is 8.86. The van der Waals surface area contributed by atoms with Crippen molar-refractivity contribution in [3.8, 4) is 0 Å². The van der Waals surface area contributed by atoms with E-state index in [-0.39, 0.29) is 0 Å². The molecule has 110 valence electrons. The summed E-state index contributed by atoms with van der Waals surface area (Å²) < 4.78 is 0. The Morgan fingerprint density at radius 3 is 2.29 bits per heavy atom. The molecule has 4 fully saturated rings. The van der Waals surface area contributed by atoms with E-state index in [0.29, 0.717) is 5.54 Å². The molecule has 0 spiro atoms. The van der Waals surface area contributed by atoms with Crippen LogP contribution < -0.4 is 5.32 Å². The van der Waals surface area contributed by atoms with Gasteiger partial charge in [0.15, 0.2) is 0 Å². The van der Waals surface area contributed by atoms with Gasteiger partial charge < -0.3 is 5.32 Å². The molecule has 1 nitrogen and oxygen atoms in total. The Bertz CT molecular complexity index is 562. The van der Waals surface area contributed by atoms with Gasteiger partial charge in [-0.2, -0.15) is 0 Å². The molecule has 1 aromatic carbocycles. The third kappa shape index (κ3) is 2.09. The molecule has 4 bridgehead atoms. The summed E-state index contributed by atoms with van der Waals surface area (Å²) in [5.41, 5.74) is 5.05. The van der Waals surface area contributed by atoms with Crippen LogP contribution in [0.25, 0.3) is 6.08 Å². The van der Waals surface area contributed by atoms with Crippen molar-refractivity contribution in [2.75, 3.05) is 6.54 Å². The molecular formula is C20H25N. The van der Waals surface area contributed by atoms with Crippen LogP contribution in [0.1, 0.15) is 49.7 Å². The van der Waals surface area contributed by atoms with E-state index >= 15 is 0 Å². The zero-order valence-electron chi connectivity index (χ0n) is 12.8. The third-order valence-corrected chi connectivity index (χ3v) is 6.56. The largest absolute Gasteiger partial charge is 0.307 e. The van der Waals surface area contributed by atoms with Crippen molar-refractivity contribution in [1.29, 1.82) is 0 Å². The molecule has 1 heteroatoms. The highest BCUT2D eigenvalue weighted by atomic mass is 15.0. The Hall–Kier alpha value is -1.08. The first-order chi connectivity index (χ1) is 10.3. The summed E-state index contributed by atoms with van der Waals surface area (Å²) in [7, 11) is 0. The van der Waals surface area contributed by atoms with Crippen LogP contribution >= 0.6 is 0 Å². The molecule has 0 unspecified atom stereocenters. The van der Waals surface area contributed by atoms with Crippen LogP contribution in [0, 0.1) is 17.8 Å². The summed E-state index contributed by atoms with van der Waals surface area (Å²) in [4.78, 5) is 0. The minimum absolute atomic E-state index is 0.504. The molecule has 0 radical (unpaired) electrons. The van der Waals surface area contributed by atoms with Gasteiger partial charge in [0.2, 0.25) is 0 Å². The molecule has 0 atom stereocenters. The predicted octanol–water partition coefficient (Wildman–Crippen LogP) is 4.18. The molecule has 0 heterocycles. The Labute approximate surface area is 127 Å². The van der Waals surface area contributed by atoms with Gasteiger partial charge in [-0.3, -0.25) is 0 Å². The first-order valence-electron chi connectivity index (χ1n) is 8.80. The van der Waals surface area contributed by atoms with Crippen molar-refractivity contribution in [3.05, 3.63) is 41.0 Å². The average Bonchev–Trinajstić information content (AvgIpc) is 2.87. The fraction of sp³-hybridized carbons (Fsp3) is 0.600. The van der Waals surface area contributed by atoms with E-state index in [1.165, 1.54) is 49.7 Å². The minimum Gasteiger partial charge on any atom is -0.307 e. The van der Waals surface area contributed by atoms with Gasteiger partial charge in [0.1, 0.15) is 0 Å². The van der Waals surface area contributed by atoms with Crippen molar-refractivity contribution in [3.63, 3.8) is 0 Å². The maximum atomic E-state index is 4.04. The summed E-state index contributed by atoms with van der Waals surface area (Å²) >= 11 is 0. The number of benzene rings is 1. The molecule has 6 rings (SSSR count). The van der Waals surface area contributed by atoms with E-state index in [4.69, 9.17) is 0 Å². The van der Waals surface area contributed by atoms with Crippen LogP contribution in [-0.4, -0.2) is 12.1 Å². The highest BCUT2D eigenvalue weighted by Gasteiger charge is 2.50. The molecule has 1 N–H and O–H groups in total. The van der Waals surface area contributed by atoms with Gasteiger partial charge in [-0.25, -0.2) is 0 Å². The predicted molar refractivity (Wildman–Crippen MR) is 87.0 cm³/mol. The first-order valence-corrected chi connectivity index (χ1v) is 8.80. The first kappa shape index (κ1) is 12.5. The van der Waals surface area contributed by atoms with Crippen LogP contribution in [0.15, 0.2) is 29.8 Å². The number of rotatable bonds is 3. The zero-order chi connectivity index (χ0) is 13.9. The van der Waals surface area contributed by atoms with Crippen LogP contribution in [0.5, 0.6) is 0 Å². The lowest BCUT2D eigenvalue weighted by Gasteiger charge is -2.57. The lowest BCUT2D eigenvalue weighted by molar-refractivity contribution is -0.0182. The van der Waals surface area contributed by atoms with Crippen LogP contribution in [-0.2, 0) is 6.42 Å². The molecule has 21 heavy (non-hydrogen) atoms. The van der Waals surface area contributed by atoms with Gasteiger partial charge in [0.05, 0.1) is 0 Å². The van der Waals surface area contributed by atoms with Crippen molar-refractivity contribution < 1.29 is 0 Å². The lowest BCUT2D eigenvalue weighted by Crippen LogP contribution is -2.58. The van der Waals surface area contributed by atoms with E-state index in [0.717, 1.165) is 30.7 Å². The fourth-order valence-electron chi connectivity index (χ4n) is 6.09. The second kappa shape index (κ2) is 4.46. The highest BCUT2D eigenvalue weighted by molar-refractivity contribution is 5.63. The molecule has 0 aromatic heterocycles. The maximum Gasteiger partial charge on any atom is 0.0192 e. The van der Waals surface area contributed by atoms with Gasteiger partial charge in [-0.05, 0) is 73.8 Å². The van der Waals surface area contributed by atoms with E-state index < -0.39 is 0 Å². The molecule has 0 amide bonds. The van der Waals surface area contributed by atoms with Gasteiger partial charge in [-0.15, -0.1) is 0 Å². The lowest BCUT2D eigenvalue weighted by atomic mass is 9.53. The number of nitrogens with one attached hydrogen (secondary N) is 1. The molecule has 5 aliphatic carbocycles. The molecule has 1 aromatic rings. The minimum atomic E-state index is 0.504. The standard InChI is InChI=1S/C20H25N/c1-2-4-19-9-17(8-18(19)3-1)13-21-20-10-14-5-15(11-20)7-16(6-14)12-20/h1-4,8,14-16,21H,5-7,9-13H2. The molecule has 4 saturated carbocycles. The van der Waals surface area contributed by atoms with Crippen molar-refractivity contribution in [1.82, 2.24) is 5.32 Å². The smallest absolute Gasteiger partial charge is 0.0192 e. The fourth-order valence-corrected chi connectivity index (χ4v) is 6.09. The van der Waals surface area contributed by atoms with E-state index in [1.54, 1.807) is 5.57 Å². The zero-order valence-corrected chi connectivity index (χ0v) is 12.8. The third-order valence-electron chi connectivity index (χ3n) is 6.56. The van der Waals surface area contributed by atoms with Crippen molar-refractivity contribution in [2.45, 2.75) is 50.5 Å². The van der Waals surface area contributed by atoms with E-state index in [2.05, 4.69) is 35.7 Å². The number of fused-ring (bicyclic) bond motifs is 1. The topological polar surface area (TPSA) is 12.0 Å². The van der Waals surface area contributed by atoms with Crippen LogP contribution in [0.2, 0.25) is 0 Å². The Morgan fingerprint density at radius 2 is 1.62 bits per heavy atom. The van der Waals surface area contributed by atoms with Crippen molar-refractivity contribution in [2.24, 2.45) is 17.8 Å². The van der Waals surface area contributed by atoms with Gasteiger partial charge in [-0.1, -0.05) is 35.9 Å². The van der Waals surface area contributed by atoms with Crippen LogP contribution in [0.4, 0.5) is 0 Å². The Balaban J connectivity index is 1.30. The van der Waals surface area contributed by atoms with Gasteiger partial charge in [0, 0.05) is 12.1 Å². The Kier molecular flexibility index (Phi) is 2.65. The van der Waals surface area contributed by atoms with Crippen molar-refractivity contribution >= 4 is 6.08 Å². The Morgan fingerprint density at radius 1 is 0.952 bits per heavy atom. The summed E-state index contributed by atoms with van der Waals surface area (Å²) in [5, 5.41) is 4.04.